The highest BCUT2D eigenvalue weighted by Crippen LogP contribution is 2.40. The molecule has 0 saturated carbocycles. The fourth-order valence-corrected chi connectivity index (χ4v) is 7.50. The zero-order valence-electron chi connectivity index (χ0n) is 29.8. The van der Waals surface area contributed by atoms with Crippen molar-refractivity contribution in [2.24, 2.45) is 0 Å². The van der Waals surface area contributed by atoms with E-state index in [1.165, 1.54) is 5.39 Å². The summed E-state index contributed by atoms with van der Waals surface area (Å²) in [7, 11) is 0. The molecule has 0 aliphatic heterocycles. The van der Waals surface area contributed by atoms with Gasteiger partial charge in [0.1, 0.15) is 22.4 Å². The molecule has 0 aliphatic carbocycles. The van der Waals surface area contributed by atoms with E-state index in [0.29, 0.717) is 34.6 Å². The molecule has 0 saturated heterocycles. The number of hydrogen-bond acceptors (Lipinski definition) is 7. The fraction of sp³-hybridized carbons (Fsp3) is 0. The molecular weight excluding hydrogens is 691 g/mol. The maximum atomic E-state index is 6.31. The molecule has 0 fully saturated rings. The van der Waals surface area contributed by atoms with Crippen LogP contribution in [0.15, 0.2) is 185 Å². The van der Waals surface area contributed by atoms with Gasteiger partial charge in [0.15, 0.2) is 23.1 Å². The smallest absolute Gasteiger partial charge is 0.246 e. The van der Waals surface area contributed by atoms with Crippen LogP contribution in [-0.2, 0) is 0 Å². The van der Waals surface area contributed by atoms with Gasteiger partial charge in [-0.3, -0.25) is 4.98 Å². The van der Waals surface area contributed by atoms with E-state index in [-0.39, 0.29) is 0 Å². The Labute approximate surface area is 320 Å². The number of oxazole rings is 1. The highest BCUT2D eigenvalue weighted by Gasteiger charge is 2.17. The lowest BCUT2D eigenvalue weighted by Crippen LogP contribution is -2.00. The molecule has 7 aromatic carbocycles. The van der Waals surface area contributed by atoms with Crippen molar-refractivity contribution in [3.05, 3.63) is 176 Å². The third kappa shape index (κ3) is 5.49. The fourth-order valence-electron chi connectivity index (χ4n) is 7.50. The van der Waals surface area contributed by atoms with Gasteiger partial charge in [0, 0.05) is 39.7 Å². The van der Waals surface area contributed by atoms with E-state index in [9.17, 15) is 0 Å². The molecule has 0 aliphatic rings. The first kappa shape index (κ1) is 31.7. The molecule has 4 aromatic heterocycles. The number of hydrogen-bond donors (Lipinski definition) is 0. The average molecular weight is 720 g/mol. The van der Waals surface area contributed by atoms with Crippen LogP contribution in [0.5, 0.6) is 0 Å². The number of fused-ring (bicyclic) bond motifs is 5. The van der Waals surface area contributed by atoms with Crippen LogP contribution in [0.2, 0.25) is 0 Å². The van der Waals surface area contributed by atoms with Crippen LogP contribution in [0.1, 0.15) is 0 Å². The third-order valence-corrected chi connectivity index (χ3v) is 10.3. The quantitative estimate of drug-likeness (QED) is 0.169. The van der Waals surface area contributed by atoms with Crippen molar-refractivity contribution in [3.8, 4) is 68.0 Å². The topological polar surface area (TPSA) is 90.7 Å². The Hall–Kier alpha value is -7.77. The summed E-state index contributed by atoms with van der Waals surface area (Å²) in [5.41, 5.74) is 11.0. The van der Waals surface area contributed by atoms with Crippen LogP contribution in [-0.4, -0.2) is 24.9 Å². The molecule has 0 spiro atoms. The molecule has 0 bridgehead atoms. The molecular formula is C49H29N5O2. The van der Waals surface area contributed by atoms with Gasteiger partial charge < -0.3 is 8.83 Å². The summed E-state index contributed by atoms with van der Waals surface area (Å²) in [4.78, 5) is 23.8. The van der Waals surface area contributed by atoms with Crippen LogP contribution in [0, 0.1) is 0 Å². The second-order valence-electron chi connectivity index (χ2n) is 13.7. The maximum Gasteiger partial charge on any atom is 0.246 e. The molecule has 0 atom stereocenters. The summed E-state index contributed by atoms with van der Waals surface area (Å²) in [5.74, 6) is 2.40. The number of aromatic nitrogens is 5. The maximum absolute atomic E-state index is 6.31. The SMILES string of the molecule is c1ccc(-c2nc(-c3ccccc3)nc(-c3ccc(-c4ccc(-c5ccc6oc7cc8oc(-c9ccccn9)nc8cc7c6c5)c5ccccc45)cc3)n2)cc1. The van der Waals surface area contributed by atoms with Crippen molar-refractivity contribution in [2.45, 2.75) is 0 Å². The van der Waals surface area contributed by atoms with Gasteiger partial charge in [0.2, 0.25) is 5.89 Å². The van der Waals surface area contributed by atoms with Gasteiger partial charge in [-0.15, -0.1) is 0 Å². The lowest BCUT2D eigenvalue weighted by atomic mass is 9.91. The number of benzene rings is 7. The Bertz CT molecular complexity index is 3170. The molecule has 0 amide bonds. The number of pyridine rings is 1. The molecule has 7 heteroatoms. The first-order valence-corrected chi connectivity index (χ1v) is 18.4. The van der Waals surface area contributed by atoms with E-state index in [1.54, 1.807) is 6.20 Å². The molecule has 0 radical (unpaired) electrons. The summed E-state index contributed by atoms with van der Waals surface area (Å²) in [6, 6.07) is 57.6. The number of furan rings is 1. The lowest BCUT2D eigenvalue weighted by Gasteiger charge is -2.13. The van der Waals surface area contributed by atoms with E-state index in [2.05, 4.69) is 77.8 Å². The summed E-state index contributed by atoms with van der Waals surface area (Å²) in [6.07, 6.45) is 1.74. The molecule has 262 valence electrons. The van der Waals surface area contributed by atoms with Gasteiger partial charge in [-0.25, -0.2) is 19.9 Å². The average Bonchev–Trinajstić information content (AvgIpc) is 3.86. The van der Waals surface area contributed by atoms with E-state index in [1.807, 2.05) is 97.1 Å². The highest BCUT2D eigenvalue weighted by atomic mass is 16.4. The molecule has 56 heavy (non-hydrogen) atoms. The zero-order valence-corrected chi connectivity index (χ0v) is 29.8. The predicted molar refractivity (Wildman–Crippen MR) is 223 cm³/mol. The van der Waals surface area contributed by atoms with Crippen molar-refractivity contribution in [1.82, 2.24) is 24.9 Å². The normalized spacial score (nSPS) is 11.6. The van der Waals surface area contributed by atoms with Gasteiger partial charge in [0.25, 0.3) is 0 Å². The monoisotopic (exact) mass is 719 g/mol. The first-order valence-electron chi connectivity index (χ1n) is 18.4. The number of nitrogens with zero attached hydrogens (tertiary/aromatic N) is 5. The zero-order chi connectivity index (χ0) is 37.0. The Balaban J connectivity index is 0.966. The van der Waals surface area contributed by atoms with Crippen LogP contribution in [0.4, 0.5) is 0 Å². The molecule has 0 unspecified atom stereocenters. The Morgan fingerprint density at radius 1 is 0.339 bits per heavy atom. The molecule has 11 aromatic rings. The molecule has 7 nitrogen and oxygen atoms in total. The molecule has 0 N–H and O–H groups in total. The highest BCUT2D eigenvalue weighted by molar-refractivity contribution is 6.11. The van der Waals surface area contributed by atoms with Gasteiger partial charge in [0.05, 0.1) is 0 Å². The molecule has 4 heterocycles. The summed E-state index contributed by atoms with van der Waals surface area (Å²) < 4.78 is 12.4. The predicted octanol–water partition coefficient (Wildman–Crippen LogP) is 12.5. The third-order valence-electron chi connectivity index (χ3n) is 10.3. The van der Waals surface area contributed by atoms with Crippen LogP contribution < -0.4 is 0 Å². The van der Waals surface area contributed by atoms with E-state index in [0.717, 1.165) is 71.8 Å². The van der Waals surface area contributed by atoms with Crippen molar-refractivity contribution in [2.75, 3.05) is 0 Å². The van der Waals surface area contributed by atoms with Crippen molar-refractivity contribution >= 4 is 43.8 Å². The van der Waals surface area contributed by atoms with E-state index in [4.69, 9.17) is 28.8 Å². The van der Waals surface area contributed by atoms with Crippen LogP contribution in [0.25, 0.3) is 112 Å². The van der Waals surface area contributed by atoms with Gasteiger partial charge in [-0.2, -0.15) is 0 Å². The molecule has 11 rings (SSSR count). The minimum absolute atomic E-state index is 0.486. The largest absolute Gasteiger partial charge is 0.456 e. The second kappa shape index (κ2) is 13.0. The summed E-state index contributed by atoms with van der Waals surface area (Å²) >= 11 is 0. The van der Waals surface area contributed by atoms with E-state index < -0.39 is 0 Å². The minimum atomic E-state index is 0.486. The van der Waals surface area contributed by atoms with Crippen molar-refractivity contribution in [1.29, 1.82) is 0 Å². The van der Waals surface area contributed by atoms with Crippen LogP contribution in [0.3, 0.4) is 0 Å². The minimum Gasteiger partial charge on any atom is -0.456 e. The van der Waals surface area contributed by atoms with Crippen LogP contribution >= 0.6 is 0 Å². The first-order chi connectivity index (χ1) is 27.7. The Morgan fingerprint density at radius 3 is 1.54 bits per heavy atom. The Kier molecular flexibility index (Phi) is 7.35. The van der Waals surface area contributed by atoms with Gasteiger partial charge in [-0.1, -0.05) is 133 Å². The standard InChI is InChI=1S/C49H29N5O2/c1-3-11-31(12-4-1)46-52-47(32-13-5-2-6-14-32)54-48(53-46)33-20-18-30(19-21-33)35-23-24-36(38-16-8-7-15-37(35)38)34-22-25-43-39(27-34)40-28-42-45(29-44(40)55-43)56-49(51-42)41-17-9-10-26-50-41/h1-29H. The van der Waals surface area contributed by atoms with E-state index >= 15 is 0 Å². The van der Waals surface area contributed by atoms with Crippen molar-refractivity contribution in [3.63, 3.8) is 0 Å². The lowest BCUT2D eigenvalue weighted by molar-refractivity contribution is 0.614. The van der Waals surface area contributed by atoms with Crippen molar-refractivity contribution < 1.29 is 8.83 Å². The van der Waals surface area contributed by atoms with Gasteiger partial charge >= 0.3 is 0 Å². The Morgan fingerprint density at radius 2 is 0.893 bits per heavy atom. The second-order valence-corrected chi connectivity index (χ2v) is 13.7. The summed E-state index contributed by atoms with van der Waals surface area (Å²) in [6.45, 7) is 0. The summed E-state index contributed by atoms with van der Waals surface area (Å²) in [5, 5.41) is 4.34. The number of rotatable bonds is 6. The van der Waals surface area contributed by atoms with Gasteiger partial charge in [-0.05, 0) is 63.4 Å².